The Hall–Kier alpha value is -3.07. The zero-order chi connectivity index (χ0) is 21.3. The molecule has 0 saturated carbocycles. The van der Waals surface area contributed by atoms with Gasteiger partial charge in [-0.05, 0) is 37.6 Å². The lowest BCUT2D eigenvalue weighted by atomic mass is 10.1. The second kappa shape index (κ2) is 7.75. The fraction of sp³-hybridized carbons (Fsp3) is 0.300. The van der Waals surface area contributed by atoms with Gasteiger partial charge in [0.05, 0.1) is 26.4 Å². The van der Waals surface area contributed by atoms with E-state index in [4.69, 9.17) is 4.42 Å². The largest absolute Gasteiger partial charge is 0.505 e. The van der Waals surface area contributed by atoms with Gasteiger partial charge in [-0.25, -0.2) is 8.57 Å². The molecule has 1 unspecified atom stereocenters. The van der Waals surface area contributed by atoms with E-state index >= 15 is 0 Å². The molecule has 3 N–H and O–H groups in total. The van der Waals surface area contributed by atoms with Crippen molar-refractivity contribution in [1.82, 2.24) is 0 Å². The van der Waals surface area contributed by atoms with Crippen LogP contribution >= 0.6 is 0 Å². The number of nitrogens with one attached hydrogen (secondary N) is 2. The first-order valence-corrected chi connectivity index (χ1v) is 11.0. The first kappa shape index (κ1) is 20.7. The number of para-hydroxylation sites is 1. The van der Waals surface area contributed by atoms with E-state index < -0.39 is 20.6 Å². The van der Waals surface area contributed by atoms with Crippen molar-refractivity contribution in [1.29, 1.82) is 0 Å². The number of hydrogen-bond donors (Lipinski definition) is 3. The molecule has 3 aromatic rings. The van der Waals surface area contributed by atoms with Crippen LogP contribution in [0.3, 0.4) is 0 Å². The third-order valence-corrected chi connectivity index (χ3v) is 6.60. The van der Waals surface area contributed by atoms with Crippen molar-refractivity contribution in [2.75, 3.05) is 23.9 Å². The minimum Gasteiger partial charge on any atom is -0.505 e. The second-order valence-corrected chi connectivity index (χ2v) is 9.13. The van der Waals surface area contributed by atoms with Crippen LogP contribution in [0.15, 0.2) is 53.6 Å². The number of phenolic OH excluding ortho intramolecular Hbond substituents is 1. The number of benzene rings is 1. The summed E-state index contributed by atoms with van der Waals surface area (Å²) in [5.74, 6) is 1.12. The van der Waals surface area contributed by atoms with Crippen molar-refractivity contribution in [2.45, 2.75) is 31.2 Å². The summed E-state index contributed by atoms with van der Waals surface area (Å²) < 4.78 is 22.0. The molecule has 1 heterocycles. The van der Waals surface area contributed by atoms with Crippen LogP contribution in [-0.2, 0) is 9.73 Å². The summed E-state index contributed by atoms with van der Waals surface area (Å²) in [5.41, 5.74) is -1.01. The van der Waals surface area contributed by atoms with Gasteiger partial charge in [0.2, 0.25) is 0 Å². The van der Waals surface area contributed by atoms with Crippen molar-refractivity contribution in [3.63, 3.8) is 0 Å². The molecule has 8 nitrogen and oxygen atoms in total. The van der Waals surface area contributed by atoms with E-state index in [0.717, 1.165) is 5.76 Å². The van der Waals surface area contributed by atoms with Gasteiger partial charge in [-0.2, -0.15) is 0 Å². The smallest absolute Gasteiger partial charge is 0.253 e. The summed E-state index contributed by atoms with van der Waals surface area (Å²) in [7, 11) is -1.38. The van der Waals surface area contributed by atoms with Crippen molar-refractivity contribution in [3.8, 4) is 5.75 Å². The van der Waals surface area contributed by atoms with Crippen molar-refractivity contribution in [3.05, 3.63) is 62.3 Å². The first-order valence-electron chi connectivity index (χ1n) is 9.05. The Balaban J connectivity index is 1.94. The minimum absolute atomic E-state index is 0.0419. The molecule has 0 spiro atoms. The molecule has 3 rings (SSSR count). The maximum absolute atomic E-state index is 12.5. The van der Waals surface area contributed by atoms with Gasteiger partial charge in [-0.3, -0.25) is 9.59 Å². The summed E-state index contributed by atoms with van der Waals surface area (Å²) in [6.45, 7) is 3.75. The maximum Gasteiger partial charge on any atom is 0.253 e. The fourth-order valence-electron chi connectivity index (χ4n) is 3.00. The van der Waals surface area contributed by atoms with Gasteiger partial charge in [-0.1, -0.05) is 13.0 Å². The molecule has 9 heteroatoms. The summed E-state index contributed by atoms with van der Waals surface area (Å²) >= 11 is 0. The Labute approximate surface area is 168 Å². The number of hydrogen-bond acceptors (Lipinski definition) is 8. The Morgan fingerprint density at radius 3 is 2.45 bits per heavy atom. The highest BCUT2D eigenvalue weighted by Crippen LogP contribution is 2.35. The minimum atomic E-state index is -2.78. The number of furan rings is 1. The van der Waals surface area contributed by atoms with Crippen molar-refractivity contribution in [2.24, 2.45) is 4.36 Å². The van der Waals surface area contributed by atoms with Gasteiger partial charge >= 0.3 is 0 Å². The third-order valence-electron chi connectivity index (χ3n) is 4.76. The molecule has 0 amide bonds. The molecule has 1 aromatic heterocycles. The average Bonchev–Trinajstić information content (AvgIpc) is 3.14. The van der Waals surface area contributed by atoms with Crippen LogP contribution in [0.4, 0.5) is 17.1 Å². The van der Waals surface area contributed by atoms with Gasteiger partial charge in [0, 0.05) is 13.3 Å². The normalized spacial score (nSPS) is 14.3. The lowest BCUT2D eigenvalue weighted by Crippen LogP contribution is -2.37. The molecule has 0 aliphatic heterocycles. The Bertz CT molecular complexity index is 1240. The molecule has 154 valence electrons. The van der Waals surface area contributed by atoms with Gasteiger partial charge in [0.1, 0.15) is 22.9 Å². The van der Waals surface area contributed by atoms with E-state index in [1.54, 1.807) is 6.07 Å². The summed E-state index contributed by atoms with van der Waals surface area (Å²) in [5, 5.41) is 16.4. The van der Waals surface area contributed by atoms with Crippen LogP contribution in [0.2, 0.25) is 0 Å². The van der Waals surface area contributed by atoms with Crippen LogP contribution in [0.5, 0.6) is 5.75 Å². The Morgan fingerprint density at radius 1 is 1.17 bits per heavy atom. The average molecular weight is 417 g/mol. The molecule has 29 heavy (non-hydrogen) atoms. The molecule has 2 atom stereocenters. The van der Waals surface area contributed by atoms with Gasteiger partial charge < -0.3 is 20.2 Å². The highest BCUT2D eigenvalue weighted by Gasteiger charge is 2.26. The molecule has 0 bridgehead atoms. The maximum atomic E-state index is 12.5. The van der Waals surface area contributed by atoms with E-state index in [1.165, 1.54) is 25.4 Å². The molecular weight excluding hydrogens is 394 g/mol. The number of rotatable bonds is 7. The Morgan fingerprint density at radius 2 is 1.86 bits per heavy atom. The highest BCUT2D eigenvalue weighted by molar-refractivity contribution is 7.93. The van der Waals surface area contributed by atoms with E-state index in [2.05, 4.69) is 15.0 Å². The van der Waals surface area contributed by atoms with E-state index in [1.807, 2.05) is 26.0 Å². The van der Waals surface area contributed by atoms with Crippen molar-refractivity contribution >= 4 is 26.8 Å². The van der Waals surface area contributed by atoms with E-state index in [0.29, 0.717) is 12.2 Å². The van der Waals surface area contributed by atoms with Crippen LogP contribution < -0.4 is 21.5 Å². The van der Waals surface area contributed by atoms with Crippen molar-refractivity contribution < 1.29 is 13.7 Å². The molecule has 0 saturated heterocycles. The lowest BCUT2D eigenvalue weighted by Gasteiger charge is -2.21. The van der Waals surface area contributed by atoms with Gasteiger partial charge in [-0.15, -0.1) is 0 Å². The van der Waals surface area contributed by atoms with Crippen LogP contribution in [0, 0.1) is 6.92 Å². The number of aryl methyl sites for hydroxylation is 1. The van der Waals surface area contributed by atoms with Gasteiger partial charge in [0.25, 0.3) is 10.9 Å². The number of aromatic hydroxyl groups is 1. The van der Waals surface area contributed by atoms with Crippen LogP contribution in [0.25, 0.3) is 0 Å². The molecule has 0 radical (unpaired) electrons. The molecule has 0 aliphatic rings. The second-order valence-electron chi connectivity index (χ2n) is 6.72. The zero-order valence-corrected chi connectivity index (χ0v) is 17.4. The monoisotopic (exact) mass is 417 g/mol. The summed E-state index contributed by atoms with van der Waals surface area (Å²) in [6.07, 6.45) is 2.04. The fourth-order valence-corrected chi connectivity index (χ4v) is 4.00. The van der Waals surface area contributed by atoms with Gasteiger partial charge in [0.15, 0.2) is 5.75 Å². The molecule has 2 aromatic carbocycles. The number of phenols is 1. The lowest BCUT2D eigenvalue weighted by molar-refractivity contribution is 0.452. The quantitative estimate of drug-likeness (QED) is 0.398. The molecular formula is C20H23N3O5S. The predicted octanol–water partition coefficient (Wildman–Crippen LogP) is 3.28. The van der Waals surface area contributed by atoms with E-state index in [-0.39, 0.29) is 33.7 Å². The Kier molecular flexibility index (Phi) is 5.52. The molecule has 0 fully saturated rings. The van der Waals surface area contributed by atoms with E-state index in [9.17, 15) is 18.9 Å². The molecule has 0 aliphatic carbocycles. The van der Waals surface area contributed by atoms with Crippen LogP contribution in [0.1, 0.15) is 30.9 Å². The highest BCUT2D eigenvalue weighted by atomic mass is 32.2. The zero-order valence-electron chi connectivity index (χ0n) is 16.6. The first-order chi connectivity index (χ1) is 13.7. The van der Waals surface area contributed by atoms with Crippen LogP contribution in [-0.4, -0.2) is 22.6 Å². The number of nitrogens with zero attached hydrogens (tertiary/aromatic N) is 1. The third kappa shape index (κ3) is 3.77. The topological polar surface area (TPSA) is 121 Å². The number of anilines is 3. The standard InChI is InChI=1S/C20H23N3O5S/c1-5-12(14-10-9-11(2)28-14)22-16-17(20(26)19(16)25)23-13-7-6-8-15(18(13)24)29(4,27)21-3/h6-10,12,22-24H,5H2,1-4H3/t12-,29?/m1/s1. The summed E-state index contributed by atoms with van der Waals surface area (Å²) in [6, 6.07) is 7.97. The SMILES string of the molecule is CC[C@@H](Nc1c(Nc2cccc(S(C)(=O)=NC)c2O)c(=O)c1=O)c1ccc(C)o1. The summed E-state index contributed by atoms with van der Waals surface area (Å²) in [4.78, 5) is 24.4. The predicted molar refractivity (Wildman–Crippen MR) is 114 cm³/mol.